The monoisotopic (exact) mass is 295 g/mol. The predicted octanol–water partition coefficient (Wildman–Crippen LogP) is 3.07. The Labute approximate surface area is 112 Å². The number of halogens is 1. The van der Waals surface area contributed by atoms with Gasteiger partial charge in [-0.1, -0.05) is 15.9 Å². The highest BCUT2D eigenvalue weighted by atomic mass is 79.9. The van der Waals surface area contributed by atoms with E-state index in [1.54, 1.807) is 0 Å². The smallest absolute Gasteiger partial charge is 0.101 e. The fraction of sp³-hybridized carbons (Fsp3) is 0.462. The molecule has 0 heterocycles. The van der Waals surface area contributed by atoms with Gasteiger partial charge in [0.1, 0.15) is 6.07 Å². The molecule has 0 fully saturated rings. The van der Waals surface area contributed by atoms with Gasteiger partial charge in [0.25, 0.3) is 0 Å². The minimum Gasteiger partial charge on any atom is -0.381 e. The van der Waals surface area contributed by atoms with E-state index >= 15 is 0 Å². The van der Waals surface area contributed by atoms with Crippen LogP contribution in [0.4, 0.5) is 5.69 Å². The van der Waals surface area contributed by atoms with Crippen molar-refractivity contribution in [3.05, 3.63) is 28.2 Å². The van der Waals surface area contributed by atoms with Crippen LogP contribution in [0.1, 0.15) is 18.9 Å². The summed E-state index contributed by atoms with van der Waals surface area (Å²) in [7, 11) is 4.12. The fourth-order valence-corrected chi connectivity index (χ4v) is 1.88. The van der Waals surface area contributed by atoms with Crippen molar-refractivity contribution in [1.29, 1.82) is 5.26 Å². The maximum atomic E-state index is 9.03. The molecular formula is C13H18BrN3. The van der Waals surface area contributed by atoms with Crippen molar-refractivity contribution in [1.82, 2.24) is 4.90 Å². The predicted molar refractivity (Wildman–Crippen MR) is 75.1 cm³/mol. The largest absolute Gasteiger partial charge is 0.381 e. The third-order valence-corrected chi connectivity index (χ3v) is 3.01. The molecule has 4 heteroatoms. The van der Waals surface area contributed by atoms with Crippen LogP contribution in [0, 0.1) is 11.3 Å². The first-order valence-corrected chi connectivity index (χ1v) is 6.43. The molecule has 1 aromatic rings. The summed E-state index contributed by atoms with van der Waals surface area (Å²) in [5, 5.41) is 12.4. The van der Waals surface area contributed by atoms with Crippen LogP contribution in [0.2, 0.25) is 0 Å². The average molecular weight is 296 g/mol. The van der Waals surface area contributed by atoms with Crippen LogP contribution in [0.25, 0.3) is 0 Å². The molecule has 0 spiro atoms. The lowest BCUT2D eigenvalue weighted by Crippen LogP contribution is -2.23. The average Bonchev–Trinajstić information content (AvgIpc) is 2.27. The van der Waals surface area contributed by atoms with Crippen molar-refractivity contribution in [2.24, 2.45) is 0 Å². The normalized spacial score (nSPS) is 12.2. The molecule has 1 atom stereocenters. The van der Waals surface area contributed by atoms with Crippen LogP contribution >= 0.6 is 15.9 Å². The summed E-state index contributed by atoms with van der Waals surface area (Å²) in [4.78, 5) is 2.16. The first kappa shape index (κ1) is 14.0. The Balaban J connectivity index is 2.67. The fourth-order valence-electron chi connectivity index (χ4n) is 1.52. The van der Waals surface area contributed by atoms with Gasteiger partial charge in [-0.2, -0.15) is 5.26 Å². The SMILES string of the molecule is CC(CCN(C)C)Nc1cc(Br)ccc1C#N. The first-order valence-electron chi connectivity index (χ1n) is 5.64. The van der Waals surface area contributed by atoms with Gasteiger partial charge in [-0.05, 0) is 52.2 Å². The zero-order chi connectivity index (χ0) is 12.8. The number of nitrogens with one attached hydrogen (secondary N) is 1. The molecule has 0 radical (unpaired) electrons. The minimum absolute atomic E-state index is 0.346. The molecule has 3 nitrogen and oxygen atoms in total. The van der Waals surface area contributed by atoms with Crippen LogP contribution in [-0.4, -0.2) is 31.6 Å². The Morgan fingerprint density at radius 3 is 2.76 bits per heavy atom. The third kappa shape index (κ3) is 4.76. The summed E-state index contributed by atoms with van der Waals surface area (Å²) in [5.41, 5.74) is 1.58. The number of hydrogen-bond donors (Lipinski definition) is 1. The van der Waals surface area contributed by atoms with Gasteiger partial charge >= 0.3 is 0 Å². The lowest BCUT2D eigenvalue weighted by Gasteiger charge is -2.18. The van der Waals surface area contributed by atoms with E-state index in [-0.39, 0.29) is 0 Å². The van der Waals surface area contributed by atoms with Gasteiger partial charge in [-0.25, -0.2) is 0 Å². The van der Waals surface area contributed by atoms with Gasteiger partial charge < -0.3 is 10.2 Å². The van der Waals surface area contributed by atoms with E-state index in [4.69, 9.17) is 5.26 Å². The number of nitriles is 1. The minimum atomic E-state index is 0.346. The maximum absolute atomic E-state index is 9.03. The second-order valence-electron chi connectivity index (χ2n) is 4.44. The molecule has 1 rings (SSSR count). The summed E-state index contributed by atoms with van der Waals surface area (Å²) in [6.07, 6.45) is 1.05. The molecule has 0 aliphatic heterocycles. The van der Waals surface area contributed by atoms with Gasteiger partial charge in [0.15, 0.2) is 0 Å². The van der Waals surface area contributed by atoms with E-state index in [2.05, 4.69) is 53.2 Å². The Morgan fingerprint density at radius 2 is 2.18 bits per heavy atom. The molecule has 92 valence electrons. The second kappa shape index (κ2) is 6.63. The Bertz CT molecular complexity index is 410. The number of benzene rings is 1. The van der Waals surface area contributed by atoms with E-state index in [0.29, 0.717) is 11.6 Å². The lowest BCUT2D eigenvalue weighted by molar-refractivity contribution is 0.390. The van der Waals surface area contributed by atoms with E-state index in [1.165, 1.54) is 0 Å². The molecule has 1 aromatic carbocycles. The van der Waals surface area contributed by atoms with E-state index in [1.807, 2.05) is 18.2 Å². The van der Waals surface area contributed by atoms with Crippen molar-refractivity contribution >= 4 is 21.6 Å². The molecule has 1 unspecified atom stereocenters. The highest BCUT2D eigenvalue weighted by Gasteiger charge is 2.07. The maximum Gasteiger partial charge on any atom is 0.101 e. The summed E-state index contributed by atoms with van der Waals surface area (Å²) < 4.78 is 0.985. The molecule has 1 N–H and O–H groups in total. The van der Waals surface area contributed by atoms with E-state index < -0.39 is 0 Å². The van der Waals surface area contributed by atoms with Crippen molar-refractivity contribution in [3.63, 3.8) is 0 Å². The van der Waals surface area contributed by atoms with Crippen LogP contribution in [0.5, 0.6) is 0 Å². The Kier molecular flexibility index (Phi) is 5.46. The number of anilines is 1. The van der Waals surface area contributed by atoms with E-state index in [9.17, 15) is 0 Å². The van der Waals surface area contributed by atoms with Crippen LogP contribution in [-0.2, 0) is 0 Å². The number of nitrogens with zero attached hydrogens (tertiary/aromatic N) is 2. The second-order valence-corrected chi connectivity index (χ2v) is 5.35. The molecule has 0 saturated heterocycles. The topological polar surface area (TPSA) is 39.1 Å². The molecule has 17 heavy (non-hydrogen) atoms. The summed E-state index contributed by atoms with van der Waals surface area (Å²) >= 11 is 3.42. The van der Waals surface area contributed by atoms with Gasteiger partial charge in [0.05, 0.1) is 11.3 Å². The summed E-state index contributed by atoms with van der Waals surface area (Å²) in [6, 6.07) is 8.20. The van der Waals surface area contributed by atoms with Gasteiger partial charge in [-0.15, -0.1) is 0 Å². The lowest BCUT2D eigenvalue weighted by atomic mass is 10.1. The van der Waals surface area contributed by atoms with Gasteiger partial charge in [-0.3, -0.25) is 0 Å². The quantitative estimate of drug-likeness (QED) is 0.907. The van der Waals surface area contributed by atoms with Crippen LogP contribution in [0.15, 0.2) is 22.7 Å². The molecule has 0 saturated carbocycles. The molecule has 0 bridgehead atoms. The zero-order valence-electron chi connectivity index (χ0n) is 10.5. The highest BCUT2D eigenvalue weighted by molar-refractivity contribution is 9.10. The Hall–Kier alpha value is -1.05. The summed E-state index contributed by atoms with van der Waals surface area (Å²) in [6.45, 7) is 3.16. The summed E-state index contributed by atoms with van der Waals surface area (Å²) in [5.74, 6) is 0. The van der Waals surface area contributed by atoms with E-state index in [0.717, 1.165) is 23.1 Å². The van der Waals surface area contributed by atoms with Gasteiger partial charge in [0.2, 0.25) is 0 Å². The van der Waals surface area contributed by atoms with Crippen molar-refractivity contribution in [2.75, 3.05) is 26.0 Å². The molecule has 0 amide bonds. The highest BCUT2D eigenvalue weighted by Crippen LogP contribution is 2.21. The van der Waals surface area contributed by atoms with Crippen LogP contribution in [0.3, 0.4) is 0 Å². The molecule has 0 aromatic heterocycles. The number of rotatable bonds is 5. The standard InChI is InChI=1S/C13H18BrN3/c1-10(6-7-17(2)3)16-13-8-12(14)5-4-11(13)9-15/h4-5,8,10,16H,6-7H2,1-3H3. The van der Waals surface area contributed by atoms with Crippen LogP contribution < -0.4 is 5.32 Å². The molecule has 0 aliphatic carbocycles. The van der Waals surface area contributed by atoms with Gasteiger partial charge in [0, 0.05) is 10.5 Å². The third-order valence-electron chi connectivity index (χ3n) is 2.51. The van der Waals surface area contributed by atoms with Crippen molar-refractivity contribution < 1.29 is 0 Å². The Morgan fingerprint density at radius 1 is 1.47 bits per heavy atom. The zero-order valence-corrected chi connectivity index (χ0v) is 12.1. The first-order chi connectivity index (χ1) is 8.02. The molecular weight excluding hydrogens is 278 g/mol. The van der Waals surface area contributed by atoms with Crippen molar-refractivity contribution in [3.8, 4) is 6.07 Å². The number of hydrogen-bond acceptors (Lipinski definition) is 3. The van der Waals surface area contributed by atoms with Crippen molar-refractivity contribution in [2.45, 2.75) is 19.4 Å². The molecule has 0 aliphatic rings.